The minimum absolute atomic E-state index is 0.252. The molecule has 3 heteroatoms. The Morgan fingerprint density at radius 3 is 2.72 bits per heavy atom. The highest BCUT2D eigenvalue weighted by Crippen LogP contribution is 2.45. The van der Waals surface area contributed by atoms with Crippen LogP contribution in [0.4, 0.5) is 0 Å². The smallest absolute Gasteiger partial charge is 0.0797 e. The Hall–Kier alpha value is -1.45. The van der Waals surface area contributed by atoms with Crippen LogP contribution < -0.4 is 0 Å². The predicted octanol–water partition coefficient (Wildman–Crippen LogP) is 4.44. The lowest BCUT2D eigenvalue weighted by molar-refractivity contribution is 0.0544. The molecular formula is C22H30N2O. The van der Waals surface area contributed by atoms with E-state index >= 15 is 0 Å². The van der Waals surface area contributed by atoms with E-state index in [2.05, 4.69) is 56.3 Å². The average Bonchev–Trinajstić information content (AvgIpc) is 3.37. The molecule has 0 amide bonds. The third kappa shape index (κ3) is 3.88. The molecule has 1 saturated carbocycles. The Labute approximate surface area is 151 Å². The van der Waals surface area contributed by atoms with Gasteiger partial charge in [-0.25, -0.2) is 0 Å². The van der Waals surface area contributed by atoms with Gasteiger partial charge >= 0.3 is 0 Å². The number of likely N-dealkylation sites (N-methyl/N-ethyl adjacent to an activating group) is 1. The molecule has 2 unspecified atom stereocenters. The van der Waals surface area contributed by atoms with Crippen molar-refractivity contribution in [1.82, 2.24) is 4.90 Å². The third-order valence-corrected chi connectivity index (χ3v) is 5.97. The molecule has 1 aliphatic heterocycles. The van der Waals surface area contributed by atoms with Gasteiger partial charge < -0.3 is 9.64 Å². The zero-order chi connectivity index (χ0) is 17.4. The summed E-state index contributed by atoms with van der Waals surface area (Å²) in [6.45, 7) is 3.23. The summed E-state index contributed by atoms with van der Waals surface area (Å²) in [6, 6.07) is 0.517. The summed E-state index contributed by atoms with van der Waals surface area (Å²) in [5.41, 5.74) is 5.60. The largest absolute Gasteiger partial charge is 0.373 e. The van der Waals surface area contributed by atoms with Gasteiger partial charge in [-0.3, -0.25) is 4.99 Å². The van der Waals surface area contributed by atoms with E-state index in [9.17, 15) is 0 Å². The van der Waals surface area contributed by atoms with Crippen molar-refractivity contribution in [3.8, 4) is 0 Å². The summed E-state index contributed by atoms with van der Waals surface area (Å²) in [6.07, 6.45) is 18.6. The highest BCUT2D eigenvalue weighted by Gasteiger charge is 2.38. The lowest BCUT2D eigenvalue weighted by atomic mass is 9.89. The highest BCUT2D eigenvalue weighted by atomic mass is 16.5. The van der Waals surface area contributed by atoms with E-state index in [1.54, 1.807) is 0 Å². The first-order valence-electron chi connectivity index (χ1n) is 9.68. The summed E-state index contributed by atoms with van der Waals surface area (Å²) in [5.74, 6) is 0. The Balaban J connectivity index is 1.40. The van der Waals surface area contributed by atoms with Crippen LogP contribution in [-0.4, -0.2) is 43.5 Å². The molecule has 0 N–H and O–H groups in total. The van der Waals surface area contributed by atoms with Gasteiger partial charge in [0.15, 0.2) is 0 Å². The van der Waals surface area contributed by atoms with E-state index in [1.807, 2.05) is 0 Å². The predicted molar refractivity (Wildman–Crippen MR) is 104 cm³/mol. The molecule has 4 aliphatic rings. The van der Waals surface area contributed by atoms with Crippen LogP contribution in [0.5, 0.6) is 0 Å². The van der Waals surface area contributed by atoms with Crippen molar-refractivity contribution >= 4 is 5.71 Å². The second-order valence-electron chi connectivity index (χ2n) is 8.52. The maximum atomic E-state index is 6.14. The number of hydrogen-bond donors (Lipinski definition) is 0. The normalized spacial score (nSPS) is 30.2. The zero-order valence-corrected chi connectivity index (χ0v) is 15.8. The summed E-state index contributed by atoms with van der Waals surface area (Å²) >= 11 is 0. The molecule has 0 spiro atoms. The number of aliphatic imine (C=N–C) groups is 1. The molecule has 0 aromatic rings. The number of ether oxygens (including phenoxy) is 1. The van der Waals surface area contributed by atoms with Crippen LogP contribution in [0.25, 0.3) is 0 Å². The molecule has 134 valence electrons. The molecule has 0 aromatic heterocycles. The fourth-order valence-corrected chi connectivity index (χ4v) is 3.72. The standard InChI is InChI=1S/C22H30N2O/c1-22(12-13-22)15-25-19-9-11-21-17(14-19)6-10-20(23-21)16-4-7-18(8-5-16)24(2)3/h4-5,7,11,14,18-19H,6,8-10,12-13,15H2,1-3H3. The van der Waals surface area contributed by atoms with Crippen LogP contribution in [0.3, 0.4) is 0 Å². The molecule has 0 bridgehead atoms. The summed E-state index contributed by atoms with van der Waals surface area (Å²) in [7, 11) is 4.27. The molecule has 0 radical (unpaired) electrons. The monoisotopic (exact) mass is 338 g/mol. The van der Waals surface area contributed by atoms with Crippen molar-refractivity contribution in [3.05, 3.63) is 47.2 Å². The molecule has 0 aromatic carbocycles. The van der Waals surface area contributed by atoms with Gasteiger partial charge in [0.25, 0.3) is 0 Å². The third-order valence-electron chi connectivity index (χ3n) is 5.97. The number of hydrogen-bond acceptors (Lipinski definition) is 3. The van der Waals surface area contributed by atoms with Gasteiger partial charge in [0.05, 0.1) is 18.4 Å². The molecule has 25 heavy (non-hydrogen) atoms. The van der Waals surface area contributed by atoms with E-state index < -0.39 is 0 Å². The van der Waals surface area contributed by atoms with Crippen molar-refractivity contribution < 1.29 is 4.74 Å². The van der Waals surface area contributed by atoms with Crippen molar-refractivity contribution in [2.24, 2.45) is 10.4 Å². The van der Waals surface area contributed by atoms with Crippen molar-refractivity contribution in [3.63, 3.8) is 0 Å². The van der Waals surface area contributed by atoms with Gasteiger partial charge in [-0.1, -0.05) is 37.3 Å². The molecule has 1 heterocycles. The number of nitrogens with zero attached hydrogens (tertiary/aromatic N) is 2. The quantitative estimate of drug-likeness (QED) is 0.740. The molecule has 3 nitrogen and oxygen atoms in total. The first kappa shape index (κ1) is 17.0. The highest BCUT2D eigenvalue weighted by molar-refractivity contribution is 6.04. The van der Waals surface area contributed by atoms with Crippen molar-refractivity contribution in [2.45, 2.75) is 57.6 Å². The molecule has 3 aliphatic carbocycles. The SMILES string of the molecule is CN(C)C1C=CC(C2=NC3=CCC(OCC4(C)CC4)C=C3CC2)=CC1. The minimum Gasteiger partial charge on any atom is -0.373 e. The van der Waals surface area contributed by atoms with Gasteiger partial charge in [-0.05, 0) is 69.2 Å². The van der Waals surface area contributed by atoms with E-state index in [0.29, 0.717) is 11.5 Å². The molecule has 0 saturated heterocycles. The summed E-state index contributed by atoms with van der Waals surface area (Å²) in [4.78, 5) is 7.24. The maximum absolute atomic E-state index is 6.14. The van der Waals surface area contributed by atoms with E-state index in [1.165, 1.54) is 35.4 Å². The fraction of sp³-hybridized carbons (Fsp3) is 0.591. The van der Waals surface area contributed by atoms with Gasteiger partial charge in [-0.2, -0.15) is 0 Å². The molecule has 2 atom stereocenters. The van der Waals surface area contributed by atoms with Crippen molar-refractivity contribution in [2.75, 3.05) is 20.7 Å². The number of allylic oxidation sites excluding steroid dienone is 3. The zero-order valence-electron chi connectivity index (χ0n) is 15.8. The first-order chi connectivity index (χ1) is 12.0. The van der Waals surface area contributed by atoms with Crippen LogP contribution >= 0.6 is 0 Å². The Bertz CT molecular complexity index is 689. The lowest BCUT2D eigenvalue weighted by Crippen LogP contribution is -2.27. The fourth-order valence-electron chi connectivity index (χ4n) is 3.72. The maximum Gasteiger partial charge on any atom is 0.0797 e. The Morgan fingerprint density at radius 2 is 2.04 bits per heavy atom. The topological polar surface area (TPSA) is 24.8 Å². The summed E-state index contributed by atoms with van der Waals surface area (Å²) < 4.78 is 6.14. The van der Waals surface area contributed by atoms with Gasteiger partial charge in [0.1, 0.15) is 0 Å². The van der Waals surface area contributed by atoms with Gasteiger partial charge in [0, 0.05) is 11.8 Å². The molecule has 1 fully saturated rings. The first-order valence-corrected chi connectivity index (χ1v) is 9.68. The number of rotatable bonds is 5. The van der Waals surface area contributed by atoms with E-state index in [0.717, 1.165) is 32.3 Å². The lowest BCUT2D eigenvalue weighted by Gasteiger charge is -2.27. The Morgan fingerprint density at radius 1 is 1.20 bits per heavy atom. The van der Waals surface area contributed by atoms with Crippen LogP contribution in [0.1, 0.15) is 45.4 Å². The van der Waals surface area contributed by atoms with Gasteiger partial charge in [-0.15, -0.1) is 0 Å². The van der Waals surface area contributed by atoms with E-state index in [4.69, 9.17) is 9.73 Å². The Kier molecular flexibility index (Phi) is 4.55. The van der Waals surface area contributed by atoms with Crippen LogP contribution in [0.2, 0.25) is 0 Å². The second-order valence-corrected chi connectivity index (χ2v) is 8.52. The van der Waals surface area contributed by atoms with Crippen LogP contribution in [0.15, 0.2) is 52.2 Å². The average molecular weight is 338 g/mol. The number of fused-ring (bicyclic) bond motifs is 1. The van der Waals surface area contributed by atoms with Crippen LogP contribution in [-0.2, 0) is 4.74 Å². The summed E-state index contributed by atoms with van der Waals surface area (Å²) in [5, 5.41) is 0. The van der Waals surface area contributed by atoms with Gasteiger partial charge in [0.2, 0.25) is 0 Å². The molecule has 4 rings (SSSR count). The van der Waals surface area contributed by atoms with Crippen LogP contribution in [0, 0.1) is 5.41 Å². The molecular weight excluding hydrogens is 308 g/mol. The van der Waals surface area contributed by atoms with Crippen molar-refractivity contribution in [1.29, 1.82) is 0 Å². The second kappa shape index (κ2) is 6.69. The minimum atomic E-state index is 0.252. The van der Waals surface area contributed by atoms with E-state index in [-0.39, 0.29) is 6.10 Å².